The number of ether oxygens (including phenoxy) is 1. The van der Waals surface area contributed by atoms with E-state index in [-0.39, 0.29) is 57.9 Å². The Morgan fingerprint density at radius 3 is 2.50 bits per heavy atom. The quantitative estimate of drug-likeness (QED) is 0.452. The van der Waals surface area contributed by atoms with E-state index in [0.717, 1.165) is 5.57 Å². The van der Waals surface area contributed by atoms with Crippen LogP contribution in [0.5, 0.6) is 23.0 Å². The first-order valence-electron chi connectivity index (χ1n) is 10.4. The average molecular weight is 438 g/mol. The van der Waals surface area contributed by atoms with E-state index in [0.29, 0.717) is 11.3 Å². The summed E-state index contributed by atoms with van der Waals surface area (Å²) in [5.41, 5.74) is 0.656. The fraction of sp³-hybridized carbons (Fsp3) is 0.320. The van der Waals surface area contributed by atoms with Crippen LogP contribution in [0.3, 0.4) is 0 Å². The third-order valence-corrected chi connectivity index (χ3v) is 5.69. The number of benzene rings is 2. The van der Waals surface area contributed by atoms with Crippen LogP contribution < -0.4 is 10.2 Å². The highest BCUT2D eigenvalue weighted by Crippen LogP contribution is 2.44. The Kier molecular flexibility index (Phi) is 5.17. The van der Waals surface area contributed by atoms with Crippen LogP contribution in [-0.4, -0.2) is 32.1 Å². The number of aromatic hydroxyl groups is 3. The van der Waals surface area contributed by atoms with E-state index in [1.54, 1.807) is 13.8 Å². The summed E-state index contributed by atoms with van der Waals surface area (Å²) in [6.45, 7) is 7.05. The van der Waals surface area contributed by atoms with E-state index in [1.807, 2.05) is 19.9 Å². The lowest BCUT2D eigenvalue weighted by atomic mass is 9.95. The molecule has 0 spiro atoms. The monoisotopic (exact) mass is 438 g/mol. The molecule has 32 heavy (non-hydrogen) atoms. The fourth-order valence-electron chi connectivity index (χ4n) is 3.91. The molecular weight excluding hydrogens is 412 g/mol. The van der Waals surface area contributed by atoms with Gasteiger partial charge in [0.05, 0.1) is 11.2 Å². The Morgan fingerprint density at radius 1 is 1.16 bits per heavy atom. The van der Waals surface area contributed by atoms with Crippen LogP contribution in [0.15, 0.2) is 45.1 Å². The topological polar surface area (TPSA) is 120 Å². The van der Waals surface area contributed by atoms with Crippen LogP contribution in [0.2, 0.25) is 0 Å². The molecule has 4 N–H and O–H groups in total. The molecule has 1 unspecified atom stereocenters. The van der Waals surface area contributed by atoms with Crippen molar-refractivity contribution in [3.8, 4) is 34.3 Å². The van der Waals surface area contributed by atoms with Gasteiger partial charge in [-0.3, -0.25) is 4.79 Å². The Hall–Kier alpha value is -3.45. The van der Waals surface area contributed by atoms with Gasteiger partial charge in [0.1, 0.15) is 45.8 Å². The first kappa shape index (κ1) is 21.8. The highest BCUT2D eigenvalue weighted by molar-refractivity contribution is 5.91. The highest BCUT2D eigenvalue weighted by Gasteiger charge is 2.38. The molecule has 3 aromatic rings. The van der Waals surface area contributed by atoms with Gasteiger partial charge in [-0.15, -0.1) is 0 Å². The minimum Gasteiger partial charge on any atom is -0.508 e. The van der Waals surface area contributed by atoms with Gasteiger partial charge in [-0.1, -0.05) is 11.6 Å². The lowest BCUT2D eigenvalue weighted by Crippen LogP contribution is -2.39. The molecule has 0 aliphatic carbocycles. The molecule has 4 rings (SSSR count). The summed E-state index contributed by atoms with van der Waals surface area (Å²) in [7, 11) is 0. The molecule has 0 bridgehead atoms. The largest absolute Gasteiger partial charge is 0.508 e. The number of hydrogen-bond donors (Lipinski definition) is 4. The molecule has 7 heteroatoms. The maximum atomic E-state index is 13.5. The number of fused-ring (bicyclic) bond motifs is 3. The Morgan fingerprint density at radius 2 is 1.88 bits per heavy atom. The number of aliphatic hydroxyl groups is 1. The van der Waals surface area contributed by atoms with Gasteiger partial charge < -0.3 is 29.6 Å². The van der Waals surface area contributed by atoms with Gasteiger partial charge in [-0.25, -0.2) is 0 Å². The molecule has 0 saturated heterocycles. The Labute approximate surface area is 184 Å². The van der Waals surface area contributed by atoms with Crippen LogP contribution in [0.25, 0.3) is 22.3 Å². The summed E-state index contributed by atoms with van der Waals surface area (Å²) >= 11 is 0. The molecule has 0 saturated carbocycles. The minimum atomic E-state index is -1.15. The number of hydrogen-bond acceptors (Lipinski definition) is 7. The van der Waals surface area contributed by atoms with Crippen LogP contribution >= 0.6 is 0 Å². The van der Waals surface area contributed by atoms with Crippen molar-refractivity contribution in [2.75, 3.05) is 0 Å². The lowest BCUT2D eigenvalue weighted by Gasteiger charge is -2.24. The van der Waals surface area contributed by atoms with E-state index in [1.165, 1.54) is 24.3 Å². The Bertz CT molecular complexity index is 1300. The number of phenols is 3. The summed E-state index contributed by atoms with van der Waals surface area (Å²) < 4.78 is 12.0. The molecule has 2 aromatic carbocycles. The first-order valence-corrected chi connectivity index (χ1v) is 10.4. The highest BCUT2D eigenvalue weighted by atomic mass is 16.5. The molecule has 1 aromatic heterocycles. The Balaban J connectivity index is 2.05. The lowest BCUT2D eigenvalue weighted by molar-refractivity contribution is -0.0229. The van der Waals surface area contributed by atoms with E-state index in [4.69, 9.17) is 9.15 Å². The predicted molar refractivity (Wildman–Crippen MR) is 120 cm³/mol. The third kappa shape index (κ3) is 3.69. The van der Waals surface area contributed by atoms with Crippen molar-refractivity contribution in [3.63, 3.8) is 0 Å². The molecule has 2 heterocycles. The molecule has 0 fully saturated rings. The van der Waals surface area contributed by atoms with Crippen molar-refractivity contribution in [1.29, 1.82) is 0 Å². The van der Waals surface area contributed by atoms with Crippen molar-refractivity contribution >= 4 is 11.0 Å². The second-order valence-electron chi connectivity index (χ2n) is 8.97. The molecule has 0 radical (unpaired) electrons. The number of rotatable bonds is 4. The maximum Gasteiger partial charge on any atom is 0.200 e. The molecule has 0 amide bonds. The van der Waals surface area contributed by atoms with E-state index >= 15 is 0 Å². The van der Waals surface area contributed by atoms with Gasteiger partial charge in [0, 0.05) is 29.7 Å². The summed E-state index contributed by atoms with van der Waals surface area (Å²) in [6, 6.07) is 5.41. The minimum absolute atomic E-state index is 0.0305. The van der Waals surface area contributed by atoms with Gasteiger partial charge in [-0.05, 0) is 46.2 Å². The number of phenolic OH excluding ortho intramolecular Hbond substituents is 3. The van der Waals surface area contributed by atoms with Crippen molar-refractivity contribution in [2.45, 2.75) is 52.2 Å². The first-order chi connectivity index (χ1) is 15.0. The van der Waals surface area contributed by atoms with Crippen molar-refractivity contribution < 1.29 is 29.6 Å². The zero-order valence-electron chi connectivity index (χ0n) is 18.4. The second kappa shape index (κ2) is 7.60. The zero-order chi connectivity index (χ0) is 23.4. The summed E-state index contributed by atoms with van der Waals surface area (Å²) in [5, 5.41) is 41.2. The van der Waals surface area contributed by atoms with Gasteiger partial charge in [0.2, 0.25) is 5.43 Å². The molecule has 1 atom stereocenters. The van der Waals surface area contributed by atoms with Crippen molar-refractivity contribution in [3.05, 3.63) is 57.3 Å². The SMILES string of the molecule is CC(C)=CCc1c(-c2ccc(O)cc2O)oc2c3c(cc(O)c2c1=O)OC(C(C)(C)O)C3. The van der Waals surface area contributed by atoms with E-state index < -0.39 is 17.1 Å². The average Bonchev–Trinajstić information content (AvgIpc) is 3.11. The maximum absolute atomic E-state index is 13.5. The number of allylic oxidation sites excluding steroid dienone is 2. The molecule has 1 aliphatic rings. The smallest absolute Gasteiger partial charge is 0.200 e. The summed E-state index contributed by atoms with van der Waals surface area (Å²) in [6.07, 6.45) is 1.79. The molecule has 7 nitrogen and oxygen atoms in total. The molecule has 168 valence electrons. The van der Waals surface area contributed by atoms with E-state index in [9.17, 15) is 25.2 Å². The van der Waals surface area contributed by atoms with Crippen LogP contribution in [-0.2, 0) is 12.8 Å². The van der Waals surface area contributed by atoms with Gasteiger partial charge in [0.15, 0.2) is 0 Å². The predicted octanol–water partition coefficient (Wildman–Crippen LogP) is 4.16. The van der Waals surface area contributed by atoms with Gasteiger partial charge in [0.25, 0.3) is 0 Å². The molecule has 1 aliphatic heterocycles. The van der Waals surface area contributed by atoms with Gasteiger partial charge >= 0.3 is 0 Å². The molecular formula is C25H26O7. The summed E-state index contributed by atoms with van der Waals surface area (Å²) in [4.78, 5) is 13.5. The summed E-state index contributed by atoms with van der Waals surface area (Å²) in [5.74, 6) is -0.155. The van der Waals surface area contributed by atoms with Crippen LogP contribution in [0, 0.1) is 0 Å². The fourth-order valence-corrected chi connectivity index (χ4v) is 3.91. The second-order valence-corrected chi connectivity index (χ2v) is 8.97. The van der Waals surface area contributed by atoms with E-state index in [2.05, 4.69) is 0 Å². The van der Waals surface area contributed by atoms with Gasteiger partial charge in [-0.2, -0.15) is 0 Å². The zero-order valence-corrected chi connectivity index (χ0v) is 18.4. The normalized spacial score (nSPS) is 15.5. The van der Waals surface area contributed by atoms with Crippen LogP contribution in [0.4, 0.5) is 0 Å². The van der Waals surface area contributed by atoms with Crippen molar-refractivity contribution in [2.24, 2.45) is 0 Å². The van der Waals surface area contributed by atoms with Crippen molar-refractivity contribution in [1.82, 2.24) is 0 Å². The standard InChI is InChI=1S/C25H26O7/c1-12(2)5-7-15-22(29)21-18(28)11-19-16(10-20(31-19)25(3,4)30)24(21)32-23(15)14-8-6-13(26)9-17(14)27/h5-6,8-9,11,20,26-28,30H,7,10H2,1-4H3. The third-order valence-electron chi connectivity index (χ3n) is 5.69. The van der Waals surface area contributed by atoms with Crippen LogP contribution in [0.1, 0.15) is 38.8 Å².